The average Bonchev–Trinajstić information content (AvgIpc) is 3.47. The summed E-state index contributed by atoms with van der Waals surface area (Å²) in [5, 5.41) is 18.6. The molecule has 2 unspecified atom stereocenters. The lowest BCUT2D eigenvalue weighted by atomic mass is 10.0. The molecule has 0 saturated carbocycles. The average molecular weight is 491 g/mol. The summed E-state index contributed by atoms with van der Waals surface area (Å²) >= 11 is 0. The Morgan fingerprint density at radius 3 is 2.58 bits per heavy atom. The third-order valence-corrected chi connectivity index (χ3v) is 6.29. The number of urea groups is 1. The minimum Gasteiger partial charge on any atom is -0.481 e. The summed E-state index contributed by atoms with van der Waals surface area (Å²) in [5.74, 6) is -0.0878. The number of carbonyl (C=O) groups is 3. The number of nitrogens with zero attached hydrogens (tertiary/aromatic N) is 2. The van der Waals surface area contributed by atoms with Crippen LogP contribution >= 0.6 is 0 Å². The molecule has 188 valence electrons. The van der Waals surface area contributed by atoms with Crippen molar-refractivity contribution in [3.63, 3.8) is 0 Å². The van der Waals surface area contributed by atoms with Gasteiger partial charge in [-0.3, -0.25) is 9.59 Å². The third kappa shape index (κ3) is 6.29. The number of aryl methyl sites for hydroxylation is 2. The van der Waals surface area contributed by atoms with Crippen LogP contribution in [0.2, 0.25) is 0 Å². The van der Waals surface area contributed by atoms with Gasteiger partial charge in [-0.15, -0.1) is 0 Å². The van der Waals surface area contributed by atoms with Crippen molar-refractivity contribution in [2.75, 3.05) is 17.2 Å². The van der Waals surface area contributed by atoms with Crippen molar-refractivity contribution in [2.45, 2.75) is 45.6 Å². The number of carboxylic acid groups (broad SMARTS) is 1. The maximum atomic E-state index is 13.2. The van der Waals surface area contributed by atoms with Gasteiger partial charge in [0, 0.05) is 30.4 Å². The van der Waals surface area contributed by atoms with Crippen molar-refractivity contribution in [1.29, 1.82) is 0 Å². The van der Waals surface area contributed by atoms with Gasteiger partial charge < -0.3 is 25.2 Å². The molecule has 3 N–H and O–H groups in total. The zero-order chi connectivity index (χ0) is 25.7. The van der Waals surface area contributed by atoms with Crippen LogP contribution in [-0.4, -0.2) is 39.6 Å². The Balaban J connectivity index is 1.35. The number of carbonyl (C=O) groups excluding carboxylic acids is 2. The SMILES string of the molecule is Cc1ccccc1NC(=O)Nc1ccc(CC(=O)N2CC(C)CC2c2cc(CCC(=O)O)on2)cc1. The molecule has 2 atom stereocenters. The summed E-state index contributed by atoms with van der Waals surface area (Å²) in [4.78, 5) is 38.1. The largest absolute Gasteiger partial charge is 0.481 e. The van der Waals surface area contributed by atoms with E-state index in [2.05, 4.69) is 22.7 Å². The Kier molecular flexibility index (Phi) is 7.68. The summed E-state index contributed by atoms with van der Waals surface area (Å²) in [5.41, 5.74) is 3.84. The topological polar surface area (TPSA) is 125 Å². The number of amides is 3. The number of para-hydroxylation sites is 1. The van der Waals surface area contributed by atoms with E-state index in [1.807, 2.05) is 48.2 Å². The number of benzene rings is 2. The first kappa shape index (κ1) is 25.0. The molecule has 3 aromatic rings. The number of hydrogen-bond donors (Lipinski definition) is 3. The molecular formula is C27H30N4O5. The van der Waals surface area contributed by atoms with Gasteiger partial charge in [0.2, 0.25) is 5.91 Å². The molecule has 4 rings (SSSR count). The Morgan fingerprint density at radius 2 is 1.86 bits per heavy atom. The Hall–Kier alpha value is -4.14. The molecule has 36 heavy (non-hydrogen) atoms. The van der Waals surface area contributed by atoms with Crippen LogP contribution in [0.15, 0.2) is 59.1 Å². The molecular weight excluding hydrogens is 460 g/mol. The van der Waals surface area contributed by atoms with Crippen LogP contribution in [-0.2, 0) is 22.4 Å². The number of aliphatic carboxylic acids is 1. The lowest BCUT2D eigenvalue weighted by Crippen LogP contribution is -2.32. The van der Waals surface area contributed by atoms with Crippen molar-refractivity contribution in [3.8, 4) is 0 Å². The van der Waals surface area contributed by atoms with E-state index in [1.54, 1.807) is 18.2 Å². The molecule has 1 aromatic heterocycles. The number of aromatic nitrogens is 1. The first-order valence-corrected chi connectivity index (χ1v) is 12.0. The van der Waals surface area contributed by atoms with Crippen molar-refractivity contribution >= 4 is 29.3 Å². The molecule has 0 bridgehead atoms. The Morgan fingerprint density at radius 1 is 1.11 bits per heavy atom. The standard InChI is InChI=1S/C27H30N4O5/c1-17-13-24(23-15-21(36-30-23)11-12-26(33)34)31(16-17)25(32)14-19-7-9-20(10-8-19)28-27(35)29-22-6-4-3-5-18(22)2/h3-10,15,17,24H,11-14,16H2,1-2H3,(H,33,34)(H2,28,29,35). The van der Waals surface area contributed by atoms with E-state index in [0.29, 0.717) is 29.6 Å². The van der Waals surface area contributed by atoms with Crippen LogP contribution < -0.4 is 10.6 Å². The Bertz CT molecular complexity index is 1240. The van der Waals surface area contributed by atoms with E-state index in [-0.39, 0.29) is 37.2 Å². The highest BCUT2D eigenvalue weighted by atomic mass is 16.5. The predicted octanol–water partition coefficient (Wildman–Crippen LogP) is 4.80. The number of likely N-dealkylation sites (tertiary alicyclic amines) is 1. The molecule has 1 aliphatic heterocycles. The van der Waals surface area contributed by atoms with Gasteiger partial charge in [-0.25, -0.2) is 4.79 Å². The van der Waals surface area contributed by atoms with Gasteiger partial charge in [-0.05, 0) is 48.6 Å². The van der Waals surface area contributed by atoms with E-state index in [9.17, 15) is 14.4 Å². The highest BCUT2D eigenvalue weighted by Gasteiger charge is 2.36. The fourth-order valence-corrected chi connectivity index (χ4v) is 4.42. The quantitative estimate of drug-likeness (QED) is 0.417. The minimum absolute atomic E-state index is 0.0163. The molecule has 2 heterocycles. The molecule has 0 radical (unpaired) electrons. The van der Waals surface area contributed by atoms with Crippen LogP contribution in [0.5, 0.6) is 0 Å². The molecule has 0 spiro atoms. The smallest absolute Gasteiger partial charge is 0.323 e. The fourth-order valence-electron chi connectivity index (χ4n) is 4.42. The summed E-state index contributed by atoms with van der Waals surface area (Å²) < 4.78 is 5.31. The van der Waals surface area contributed by atoms with Crippen LogP contribution in [0.25, 0.3) is 0 Å². The summed E-state index contributed by atoms with van der Waals surface area (Å²) in [7, 11) is 0. The number of nitrogens with one attached hydrogen (secondary N) is 2. The van der Waals surface area contributed by atoms with Crippen molar-refractivity contribution < 1.29 is 24.0 Å². The first-order chi connectivity index (χ1) is 17.3. The van der Waals surface area contributed by atoms with Crippen LogP contribution in [0.4, 0.5) is 16.2 Å². The van der Waals surface area contributed by atoms with Gasteiger partial charge in [0.05, 0.1) is 18.9 Å². The van der Waals surface area contributed by atoms with Crippen molar-refractivity contribution in [2.24, 2.45) is 5.92 Å². The molecule has 9 heteroatoms. The second-order valence-electron chi connectivity index (χ2n) is 9.28. The normalized spacial score (nSPS) is 17.1. The van der Waals surface area contributed by atoms with E-state index in [4.69, 9.17) is 9.63 Å². The van der Waals surface area contributed by atoms with Gasteiger partial charge in [0.1, 0.15) is 11.5 Å². The van der Waals surface area contributed by atoms with Crippen LogP contribution in [0.1, 0.15) is 48.4 Å². The molecule has 3 amide bonds. The molecule has 9 nitrogen and oxygen atoms in total. The van der Waals surface area contributed by atoms with Gasteiger partial charge in [0.15, 0.2) is 0 Å². The maximum Gasteiger partial charge on any atom is 0.323 e. The summed E-state index contributed by atoms with van der Waals surface area (Å²) in [6, 6.07) is 16.0. The fraction of sp³-hybridized carbons (Fsp3) is 0.333. The molecule has 1 fully saturated rings. The summed E-state index contributed by atoms with van der Waals surface area (Å²) in [6.45, 7) is 4.64. The number of carboxylic acids is 1. The number of anilines is 2. The van der Waals surface area contributed by atoms with Gasteiger partial charge in [-0.2, -0.15) is 0 Å². The van der Waals surface area contributed by atoms with E-state index >= 15 is 0 Å². The lowest BCUT2D eigenvalue weighted by Gasteiger charge is -2.23. The maximum absolute atomic E-state index is 13.2. The molecule has 1 aliphatic rings. The molecule has 0 aliphatic carbocycles. The number of rotatable bonds is 8. The second-order valence-corrected chi connectivity index (χ2v) is 9.28. The van der Waals surface area contributed by atoms with Gasteiger partial charge in [0.25, 0.3) is 0 Å². The summed E-state index contributed by atoms with van der Waals surface area (Å²) in [6.07, 6.45) is 1.23. The van der Waals surface area contributed by atoms with Gasteiger partial charge in [-0.1, -0.05) is 42.4 Å². The monoisotopic (exact) mass is 490 g/mol. The zero-order valence-corrected chi connectivity index (χ0v) is 20.4. The first-order valence-electron chi connectivity index (χ1n) is 12.0. The lowest BCUT2D eigenvalue weighted by molar-refractivity contribution is -0.137. The number of hydrogen-bond acceptors (Lipinski definition) is 5. The predicted molar refractivity (Wildman–Crippen MR) is 135 cm³/mol. The second kappa shape index (κ2) is 11.1. The van der Waals surface area contributed by atoms with E-state index in [0.717, 1.165) is 23.2 Å². The molecule has 2 aromatic carbocycles. The van der Waals surface area contributed by atoms with Gasteiger partial charge >= 0.3 is 12.0 Å². The third-order valence-electron chi connectivity index (χ3n) is 6.29. The van der Waals surface area contributed by atoms with E-state index in [1.165, 1.54) is 0 Å². The Labute approximate surface area is 209 Å². The van der Waals surface area contributed by atoms with Crippen LogP contribution in [0.3, 0.4) is 0 Å². The highest BCUT2D eigenvalue weighted by Crippen LogP contribution is 2.35. The van der Waals surface area contributed by atoms with Crippen molar-refractivity contribution in [1.82, 2.24) is 10.1 Å². The zero-order valence-electron chi connectivity index (χ0n) is 20.4. The highest BCUT2D eigenvalue weighted by molar-refractivity contribution is 6.00. The van der Waals surface area contributed by atoms with Crippen molar-refractivity contribution in [3.05, 3.63) is 77.2 Å². The minimum atomic E-state index is -0.896. The van der Waals surface area contributed by atoms with E-state index < -0.39 is 5.97 Å². The molecule has 1 saturated heterocycles. The van der Waals surface area contributed by atoms with Crippen LogP contribution in [0, 0.1) is 12.8 Å².